The average Bonchev–Trinajstić information content (AvgIpc) is 2.50. The van der Waals surface area contributed by atoms with Gasteiger partial charge in [-0.1, -0.05) is 18.2 Å². The second kappa shape index (κ2) is 6.81. The van der Waals surface area contributed by atoms with Gasteiger partial charge in [0.1, 0.15) is 0 Å². The number of benzene rings is 1. The van der Waals surface area contributed by atoms with Gasteiger partial charge in [0.15, 0.2) is 6.04 Å². The van der Waals surface area contributed by atoms with E-state index in [1.807, 2.05) is 19.9 Å². The molecule has 1 saturated heterocycles. The van der Waals surface area contributed by atoms with Gasteiger partial charge in [-0.05, 0) is 37.0 Å². The van der Waals surface area contributed by atoms with Crippen molar-refractivity contribution >= 4 is 17.8 Å². The van der Waals surface area contributed by atoms with Crippen LogP contribution in [0.15, 0.2) is 18.2 Å². The number of hydrogen-bond donors (Lipinski definition) is 2. The van der Waals surface area contributed by atoms with Crippen molar-refractivity contribution in [2.75, 3.05) is 13.6 Å². The Hall–Kier alpha value is -2.37. The van der Waals surface area contributed by atoms with Crippen LogP contribution in [-0.2, 0) is 14.4 Å². The molecule has 23 heavy (non-hydrogen) atoms. The van der Waals surface area contributed by atoms with E-state index in [2.05, 4.69) is 5.32 Å². The summed E-state index contributed by atoms with van der Waals surface area (Å²) in [6.07, 6.45) is 0.676. The molecule has 1 fully saturated rings. The molecule has 0 aliphatic carbocycles. The molecule has 2 atom stereocenters. The zero-order valence-corrected chi connectivity index (χ0v) is 13.6. The number of carboxylic acid groups (broad SMARTS) is 1. The van der Waals surface area contributed by atoms with Crippen LogP contribution in [0, 0.1) is 19.8 Å². The smallest absolute Gasteiger partial charge is 0.330 e. The number of nitrogens with zero attached hydrogens (tertiary/aromatic N) is 1. The monoisotopic (exact) mass is 318 g/mol. The molecule has 0 bridgehead atoms. The van der Waals surface area contributed by atoms with Crippen LogP contribution in [0.3, 0.4) is 0 Å². The Kier molecular flexibility index (Phi) is 5.03. The zero-order valence-electron chi connectivity index (χ0n) is 13.6. The van der Waals surface area contributed by atoms with Gasteiger partial charge >= 0.3 is 5.97 Å². The van der Waals surface area contributed by atoms with E-state index in [4.69, 9.17) is 0 Å². The molecule has 0 spiro atoms. The molecule has 2 unspecified atom stereocenters. The van der Waals surface area contributed by atoms with Crippen LogP contribution in [0.4, 0.5) is 0 Å². The Morgan fingerprint density at radius 1 is 1.30 bits per heavy atom. The minimum atomic E-state index is -1.11. The molecule has 0 saturated carbocycles. The molecule has 1 heterocycles. The lowest BCUT2D eigenvalue weighted by molar-refractivity contribution is -0.144. The molecule has 2 amide bonds. The fourth-order valence-corrected chi connectivity index (χ4v) is 2.66. The van der Waals surface area contributed by atoms with Gasteiger partial charge < -0.3 is 15.3 Å². The summed E-state index contributed by atoms with van der Waals surface area (Å²) >= 11 is 0. The van der Waals surface area contributed by atoms with Crippen molar-refractivity contribution < 1.29 is 19.5 Å². The molecule has 124 valence electrons. The van der Waals surface area contributed by atoms with Crippen LogP contribution in [-0.4, -0.2) is 41.4 Å². The predicted molar refractivity (Wildman–Crippen MR) is 84.8 cm³/mol. The lowest BCUT2D eigenvalue weighted by atomic mass is 9.94. The van der Waals surface area contributed by atoms with Crippen LogP contribution >= 0.6 is 0 Å². The lowest BCUT2D eigenvalue weighted by Crippen LogP contribution is -2.44. The molecular weight excluding hydrogens is 296 g/mol. The Morgan fingerprint density at radius 3 is 2.57 bits per heavy atom. The van der Waals surface area contributed by atoms with Crippen molar-refractivity contribution in [3.05, 3.63) is 34.9 Å². The van der Waals surface area contributed by atoms with Crippen molar-refractivity contribution in [3.8, 4) is 0 Å². The van der Waals surface area contributed by atoms with Gasteiger partial charge in [-0.3, -0.25) is 9.59 Å². The van der Waals surface area contributed by atoms with Crippen molar-refractivity contribution in [2.24, 2.45) is 5.92 Å². The first-order valence-corrected chi connectivity index (χ1v) is 7.64. The van der Waals surface area contributed by atoms with Crippen LogP contribution in [0.2, 0.25) is 0 Å². The Morgan fingerprint density at radius 2 is 2.00 bits per heavy atom. The first-order valence-electron chi connectivity index (χ1n) is 7.64. The van der Waals surface area contributed by atoms with Crippen molar-refractivity contribution in [3.63, 3.8) is 0 Å². The van der Waals surface area contributed by atoms with Gasteiger partial charge in [-0.2, -0.15) is 0 Å². The van der Waals surface area contributed by atoms with Gasteiger partial charge in [-0.25, -0.2) is 4.79 Å². The molecule has 6 heteroatoms. The lowest BCUT2D eigenvalue weighted by Gasteiger charge is -2.28. The number of carboxylic acids is 1. The molecule has 1 aliphatic rings. The summed E-state index contributed by atoms with van der Waals surface area (Å²) in [7, 11) is 1.70. The standard InChI is InChI=1S/C17H22N2O4/c1-10-4-5-12(8-11(10)2)15(17(22)23)18-16(21)13-6-7-19(3)14(20)9-13/h4-5,8,13,15H,6-7,9H2,1-3H3,(H,18,21)(H,22,23). The number of rotatable bonds is 4. The van der Waals surface area contributed by atoms with E-state index in [1.165, 1.54) is 0 Å². The molecule has 6 nitrogen and oxygen atoms in total. The van der Waals surface area contributed by atoms with E-state index in [0.29, 0.717) is 18.5 Å². The highest BCUT2D eigenvalue weighted by molar-refractivity contribution is 5.89. The van der Waals surface area contributed by atoms with Gasteiger partial charge in [0.25, 0.3) is 0 Å². The maximum absolute atomic E-state index is 12.3. The average molecular weight is 318 g/mol. The molecule has 1 aliphatic heterocycles. The second-order valence-corrected chi connectivity index (χ2v) is 6.13. The van der Waals surface area contributed by atoms with Crippen LogP contribution in [0.5, 0.6) is 0 Å². The highest BCUT2D eigenvalue weighted by atomic mass is 16.4. The van der Waals surface area contributed by atoms with Crippen LogP contribution < -0.4 is 5.32 Å². The normalized spacial score (nSPS) is 19.3. The number of likely N-dealkylation sites (tertiary alicyclic amines) is 1. The zero-order chi connectivity index (χ0) is 17.1. The summed E-state index contributed by atoms with van der Waals surface area (Å²) in [6, 6.07) is 4.22. The molecule has 2 rings (SSSR count). The Balaban J connectivity index is 2.13. The number of aryl methyl sites for hydroxylation is 2. The predicted octanol–water partition coefficient (Wildman–Crippen LogP) is 1.41. The van der Waals surface area contributed by atoms with Crippen molar-refractivity contribution in [1.82, 2.24) is 10.2 Å². The summed E-state index contributed by atoms with van der Waals surface area (Å²) in [5, 5.41) is 12.0. The number of aliphatic carboxylic acids is 1. The number of hydrogen-bond acceptors (Lipinski definition) is 3. The third-order valence-electron chi connectivity index (χ3n) is 4.43. The minimum absolute atomic E-state index is 0.0885. The fraction of sp³-hybridized carbons (Fsp3) is 0.471. The largest absolute Gasteiger partial charge is 0.479 e. The number of amides is 2. The third kappa shape index (κ3) is 3.88. The maximum Gasteiger partial charge on any atom is 0.330 e. The van der Waals surface area contributed by atoms with E-state index >= 15 is 0 Å². The third-order valence-corrected chi connectivity index (χ3v) is 4.43. The Bertz CT molecular complexity index is 641. The van der Waals surface area contributed by atoms with Gasteiger partial charge in [0, 0.05) is 25.9 Å². The van der Waals surface area contributed by atoms with Gasteiger partial charge in [0.2, 0.25) is 11.8 Å². The highest BCUT2D eigenvalue weighted by Gasteiger charge is 2.31. The molecule has 0 radical (unpaired) electrons. The van der Waals surface area contributed by atoms with Gasteiger partial charge in [-0.15, -0.1) is 0 Å². The Labute approximate surface area is 135 Å². The van der Waals surface area contributed by atoms with Crippen LogP contribution in [0.1, 0.15) is 35.6 Å². The van der Waals surface area contributed by atoms with Crippen molar-refractivity contribution in [1.29, 1.82) is 0 Å². The van der Waals surface area contributed by atoms with E-state index in [9.17, 15) is 19.5 Å². The first kappa shape index (κ1) is 17.0. The number of nitrogens with one attached hydrogen (secondary N) is 1. The first-order chi connectivity index (χ1) is 10.8. The fourth-order valence-electron chi connectivity index (χ4n) is 2.66. The van der Waals surface area contributed by atoms with E-state index < -0.39 is 17.9 Å². The molecule has 0 aromatic heterocycles. The summed E-state index contributed by atoms with van der Waals surface area (Å²) in [4.78, 5) is 37.2. The minimum Gasteiger partial charge on any atom is -0.479 e. The van der Waals surface area contributed by atoms with Crippen LogP contribution in [0.25, 0.3) is 0 Å². The quantitative estimate of drug-likeness (QED) is 0.879. The summed E-state index contributed by atoms with van der Waals surface area (Å²) in [5.74, 6) is -2.04. The van der Waals surface area contributed by atoms with E-state index in [-0.39, 0.29) is 18.2 Å². The molecule has 1 aromatic rings. The second-order valence-electron chi connectivity index (χ2n) is 6.13. The highest BCUT2D eigenvalue weighted by Crippen LogP contribution is 2.21. The SMILES string of the molecule is Cc1ccc(C(NC(=O)C2CCN(C)C(=O)C2)C(=O)O)cc1C. The van der Waals surface area contributed by atoms with E-state index in [1.54, 1.807) is 24.1 Å². The summed E-state index contributed by atoms with van der Waals surface area (Å²) < 4.78 is 0. The van der Waals surface area contributed by atoms with E-state index in [0.717, 1.165) is 11.1 Å². The molecular formula is C17H22N2O4. The van der Waals surface area contributed by atoms with Crippen molar-refractivity contribution in [2.45, 2.75) is 32.7 Å². The number of carbonyl (C=O) groups is 3. The maximum atomic E-state index is 12.3. The summed E-state index contributed by atoms with van der Waals surface area (Å²) in [6.45, 7) is 4.35. The number of carbonyl (C=O) groups excluding carboxylic acids is 2. The summed E-state index contributed by atoms with van der Waals surface area (Å²) in [5.41, 5.74) is 2.57. The van der Waals surface area contributed by atoms with Gasteiger partial charge in [0.05, 0.1) is 0 Å². The topological polar surface area (TPSA) is 86.7 Å². The molecule has 2 N–H and O–H groups in total. The molecule has 1 aromatic carbocycles. The number of piperidine rings is 1.